The third-order valence-electron chi connectivity index (χ3n) is 24.8. The fourth-order valence-electron chi connectivity index (χ4n) is 18.8. The molecule has 5 aliphatic carbocycles. The Morgan fingerprint density at radius 1 is 0.500 bits per heavy atom. The van der Waals surface area contributed by atoms with Crippen molar-refractivity contribution < 1.29 is 148 Å². The molecule has 10 fully saturated rings. The highest BCUT2D eigenvalue weighted by atomic mass is 16.8. The molecular formula is C64H104O30. The topological polar surface area (TPSA) is 472 Å². The molecule has 6 saturated heterocycles. The van der Waals surface area contributed by atoms with Crippen LogP contribution in [0, 0.1) is 50.2 Å². The highest BCUT2D eigenvalue weighted by Gasteiger charge is 2.70. The molecule has 0 aromatic heterocycles. The summed E-state index contributed by atoms with van der Waals surface area (Å²) >= 11 is 0. The van der Waals surface area contributed by atoms with Crippen LogP contribution >= 0.6 is 0 Å². The molecule has 6 aliphatic heterocycles. The van der Waals surface area contributed by atoms with Gasteiger partial charge in [0.2, 0.25) is 6.29 Å². The van der Waals surface area contributed by atoms with E-state index in [1.807, 2.05) is 0 Å². The molecule has 0 aromatic rings. The van der Waals surface area contributed by atoms with Crippen LogP contribution in [0.15, 0.2) is 11.6 Å². The molecule has 30 nitrogen and oxygen atoms in total. The van der Waals surface area contributed by atoms with Gasteiger partial charge in [-0.15, -0.1) is 0 Å². The molecule has 0 bridgehead atoms. The summed E-state index contributed by atoms with van der Waals surface area (Å²) < 4.78 is 70.9. The zero-order valence-corrected chi connectivity index (χ0v) is 54.6. The van der Waals surface area contributed by atoms with Crippen molar-refractivity contribution in [2.24, 2.45) is 50.2 Å². The van der Waals surface area contributed by atoms with Crippen LogP contribution in [0.2, 0.25) is 0 Å². The molecule has 17 N–H and O–H groups in total. The van der Waals surface area contributed by atoms with Crippen molar-refractivity contribution in [2.75, 3.05) is 33.0 Å². The van der Waals surface area contributed by atoms with Crippen LogP contribution in [0.3, 0.4) is 0 Å². The van der Waals surface area contributed by atoms with E-state index in [9.17, 15) is 86.8 Å². The van der Waals surface area contributed by atoms with Crippen molar-refractivity contribution in [3.63, 3.8) is 0 Å². The number of carbonyl (C=O) groups is 1. The predicted octanol–water partition coefficient (Wildman–Crippen LogP) is -4.08. The van der Waals surface area contributed by atoms with Crippen LogP contribution in [0.25, 0.3) is 0 Å². The van der Waals surface area contributed by atoms with Crippen LogP contribution in [-0.4, -0.2) is 304 Å². The van der Waals surface area contributed by atoms with Crippen molar-refractivity contribution >= 4 is 5.97 Å². The molecule has 0 aromatic carbocycles. The molecule has 4 saturated carbocycles. The van der Waals surface area contributed by atoms with Gasteiger partial charge in [-0.2, -0.15) is 0 Å². The molecule has 11 aliphatic rings. The first kappa shape index (κ1) is 73.3. The van der Waals surface area contributed by atoms with E-state index in [4.69, 9.17) is 56.8 Å². The lowest BCUT2D eigenvalue weighted by molar-refractivity contribution is -0.385. The van der Waals surface area contributed by atoms with E-state index in [-0.39, 0.29) is 39.4 Å². The third-order valence-corrected chi connectivity index (χ3v) is 24.8. The van der Waals surface area contributed by atoms with E-state index in [0.717, 1.165) is 25.7 Å². The normalized spacial score (nSPS) is 54.2. The Bertz CT molecular complexity index is 2640. The van der Waals surface area contributed by atoms with E-state index in [1.54, 1.807) is 0 Å². The van der Waals surface area contributed by atoms with Gasteiger partial charge in [-0.3, -0.25) is 4.79 Å². The summed E-state index contributed by atoms with van der Waals surface area (Å²) in [5.74, 6) is -0.605. The second kappa shape index (κ2) is 27.5. The molecule has 11 rings (SSSR count). The number of aliphatic hydroxyl groups is 17. The Morgan fingerprint density at radius 3 is 1.74 bits per heavy atom. The predicted molar refractivity (Wildman–Crippen MR) is 315 cm³/mol. The number of hydrogen-bond donors (Lipinski definition) is 17. The van der Waals surface area contributed by atoms with Crippen LogP contribution in [0.5, 0.6) is 0 Å². The Kier molecular flexibility index (Phi) is 21.4. The van der Waals surface area contributed by atoms with E-state index >= 15 is 4.79 Å². The standard InChI is InChI=1S/C64H104O30/c1-25-36(69)42(75)51(93-53-44(77)37(70)28(67)22-83-53)57(86-25)91-49-29(68)23-84-54(48(49)81)92-50-31(21-66)88-55(47(80)43(50)76)90-35-12-13-61(6)33(60(35,4)5)11-14-63(8)34(61)10-9-26-27-19-59(2,3)15-17-64(27,18-16-62(26,63)7)58(82)94-56-46(79)41(74)39(72)32(89-56)24-85-52-45(78)40(73)38(71)30(20-65)87-52/h9,25,27-57,65-81H,10-24H2,1-8H3/t25-,27?,28+,29-,30-,31-,32-,33?,34?,35+,36-,37+,38-,39-,40+,41+,42+,43-,44-,45-,46-,47-,48-,49+,50-,51+,52-,53+,54-,55+,56+,57+,61+,62-,63-,64+/m1/s1. The number of allylic oxidation sites excluding steroid dienone is 2. The van der Waals surface area contributed by atoms with Gasteiger partial charge in [-0.05, 0) is 116 Å². The SMILES string of the molecule is C[C@H]1O[C@@H](O[C@@H]2[C@@H](O)[C@@H](O[C@H]3[C@H](O)[C@@H](O)[C@H](O[C@H]4CC[C@@]5(C)C(CC[C@]6(C)C5CC=C5C7CC(C)(C)CC[C@]7(C(=O)O[C@@H]7O[C@H](CO[C@@H]8O[C@H](CO)[C@@H](O)[C@H](O)[C@H]8O)[C@@H](O)[C@H](O)[C@H]7O)CC[C@]56C)C4(C)C)O[C@@H]3CO)OC[C@H]2O)[C@@H](O[C@@H]2OC[C@H](O)[C@H](O)[C@H]2O)[C@@H](O)[C@@H]1O. The summed E-state index contributed by atoms with van der Waals surface area (Å²) in [6, 6.07) is 0. The first-order valence-electron chi connectivity index (χ1n) is 33.5. The van der Waals surface area contributed by atoms with Gasteiger partial charge < -0.3 is 144 Å². The van der Waals surface area contributed by atoms with E-state index < -0.39 is 228 Å². The van der Waals surface area contributed by atoms with Crippen LogP contribution in [0.4, 0.5) is 0 Å². The summed E-state index contributed by atoms with van der Waals surface area (Å²) in [6.45, 7) is 14.2. The second-order valence-electron chi connectivity index (χ2n) is 31.0. The number of fused-ring (bicyclic) bond motifs is 7. The molecule has 0 spiro atoms. The zero-order valence-electron chi connectivity index (χ0n) is 54.6. The maximum Gasteiger partial charge on any atom is 0.315 e. The number of hydrogen-bond acceptors (Lipinski definition) is 30. The van der Waals surface area contributed by atoms with Gasteiger partial charge in [0, 0.05) is 0 Å². The smallest absolute Gasteiger partial charge is 0.315 e. The highest BCUT2D eigenvalue weighted by molar-refractivity contribution is 5.79. The Balaban J connectivity index is 0.746. The van der Waals surface area contributed by atoms with Gasteiger partial charge in [0.15, 0.2) is 31.5 Å². The molecule has 0 radical (unpaired) electrons. The third kappa shape index (κ3) is 12.6. The molecule has 540 valence electrons. The van der Waals surface area contributed by atoms with Crippen molar-refractivity contribution in [1.82, 2.24) is 0 Å². The average Bonchev–Trinajstić information content (AvgIpc) is 0.676. The average molecular weight is 1350 g/mol. The minimum Gasteiger partial charge on any atom is -0.432 e. The summed E-state index contributed by atoms with van der Waals surface area (Å²) in [7, 11) is 0. The molecule has 6 heterocycles. The lowest BCUT2D eigenvalue weighted by Gasteiger charge is -2.71. The van der Waals surface area contributed by atoms with Gasteiger partial charge in [0.1, 0.15) is 128 Å². The van der Waals surface area contributed by atoms with Gasteiger partial charge in [-0.1, -0.05) is 60.1 Å². The zero-order chi connectivity index (χ0) is 68.4. The Labute approximate surface area is 545 Å². The summed E-state index contributed by atoms with van der Waals surface area (Å²) in [4.78, 5) is 15.2. The fraction of sp³-hybridized carbons (Fsp3) is 0.953. The van der Waals surface area contributed by atoms with Gasteiger partial charge in [0.25, 0.3) is 0 Å². The van der Waals surface area contributed by atoms with E-state index in [2.05, 4.69) is 54.5 Å². The fourth-order valence-corrected chi connectivity index (χ4v) is 18.8. The number of rotatable bonds is 15. The molecule has 36 atom stereocenters. The molecule has 3 unspecified atom stereocenters. The van der Waals surface area contributed by atoms with Crippen molar-refractivity contribution in [3.05, 3.63) is 11.6 Å². The molecule has 94 heavy (non-hydrogen) atoms. The summed E-state index contributed by atoms with van der Waals surface area (Å²) in [5.41, 5.74) is -1.42. The molecular weight excluding hydrogens is 1250 g/mol. The number of aliphatic hydroxyl groups excluding tert-OH is 17. The minimum atomic E-state index is -1.90. The molecule has 0 amide bonds. The number of esters is 1. The minimum absolute atomic E-state index is 0.0844. The maximum atomic E-state index is 15.2. The maximum absolute atomic E-state index is 15.2. The van der Waals surface area contributed by atoms with Crippen molar-refractivity contribution in [1.29, 1.82) is 0 Å². The van der Waals surface area contributed by atoms with E-state index in [1.165, 1.54) is 12.5 Å². The second-order valence-corrected chi connectivity index (χ2v) is 31.0. The number of ether oxygens (including phenoxy) is 12. The summed E-state index contributed by atoms with van der Waals surface area (Å²) in [6.07, 6.45) is -37.4. The van der Waals surface area contributed by atoms with Gasteiger partial charge >= 0.3 is 5.97 Å². The quantitative estimate of drug-likeness (QED) is 0.0421. The molecule has 30 heteroatoms. The lowest BCUT2D eigenvalue weighted by atomic mass is 9.33. The highest BCUT2D eigenvalue weighted by Crippen LogP contribution is 2.76. The lowest BCUT2D eigenvalue weighted by Crippen LogP contribution is -2.67. The van der Waals surface area contributed by atoms with E-state index in [0.29, 0.717) is 38.5 Å². The van der Waals surface area contributed by atoms with Crippen molar-refractivity contribution in [2.45, 2.75) is 298 Å². The number of carbonyl (C=O) groups excluding carboxylic acids is 1. The summed E-state index contributed by atoms with van der Waals surface area (Å²) in [5, 5.41) is 184. The van der Waals surface area contributed by atoms with Crippen LogP contribution < -0.4 is 0 Å². The van der Waals surface area contributed by atoms with Crippen molar-refractivity contribution in [3.8, 4) is 0 Å². The van der Waals surface area contributed by atoms with Crippen LogP contribution in [0.1, 0.15) is 120 Å². The van der Waals surface area contributed by atoms with Gasteiger partial charge in [0.05, 0.1) is 50.7 Å². The Hall–Kier alpha value is -1.91. The Morgan fingerprint density at radius 2 is 1.06 bits per heavy atom. The first-order chi connectivity index (χ1) is 44.1. The largest absolute Gasteiger partial charge is 0.432 e. The van der Waals surface area contributed by atoms with Crippen LogP contribution in [-0.2, 0) is 61.6 Å². The first-order valence-corrected chi connectivity index (χ1v) is 33.5. The van der Waals surface area contributed by atoms with Gasteiger partial charge in [-0.25, -0.2) is 0 Å². The monoisotopic (exact) mass is 1350 g/mol.